The van der Waals surface area contributed by atoms with Crippen LogP contribution in [0, 0.1) is 7.43 Å². The van der Waals surface area contributed by atoms with Gasteiger partial charge in [0.1, 0.15) is 11.5 Å². The molecule has 1 unspecified atom stereocenters. The van der Waals surface area contributed by atoms with E-state index in [1.54, 1.807) is 0 Å². The number of benzene rings is 10. The second kappa shape index (κ2) is 21.4. The molecule has 1 fully saturated rings. The SMILES string of the molecule is CO.Oc1c(C=N[C@@H]2CCCCC2NCc2cc3ccccc3c(-c3c(-c4ccccc4)ccc4ccccc34)c2O)cc2ccccc2c1-c1c(-c2ccccc2)ccc2ccccc12.[CH3-].[Ti+2]. The fourth-order valence-corrected chi connectivity index (χ4v) is 10.2. The molecule has 10 aromatic rings. The van der Waals surface area contributed by atoms with Crippen LogP contribution in [0.25, 0.3) is 87.6 Å². The summed E-state index contributed by atoms with van der Waals surface area (Å²) < 4.78 is 0. The molecule has 4 N–H and O–H groups in total. The van der Waals surface area contributed by atoms with Gasteiger partial charge < -0.3 is 28.1 Å². The summed E-state index contributed by atoms with van der Waals surface area (Å²) in [6.07, 6.45) is 5.99. The van der Waals surface area contributed by atoms with E-state index in [2.05, 4.69) is 181 Å². The number of hydrogen-bond donors (Lipinski definition) is 4. The van der Waals surface area contributed by atoms with Crippen molar-refractivity contribution in [2.75, 3.05) is 7.11 Å². The summed E-state index contributed by atoms with van der Waals surface area (Å²) >= 11 is 0. The molecular formula is C62H55N2O3Ti+. The zero-order valence-electron chi connectivity index (χ0n) is 38.5. The average Bonchev–Trinajstić information content (AvgIpc) is 3.38. The van der Waals surface area contributed by atoms with Crippen molar-refractivity contribution in [2.45, 2.75) is 44.3 Å². The van der Waals surface area contributed by atoms with Gasteiger partial charge in [-0.25, -0.2) is 0 Å². The Morgan fingerprint density at radius 1 is 0.485 bits per heavy atom. The minimum absolute atomic E-state index is 0. The summed E-state index contributed by atoms with van der Waals surface area (Å²) in [4.78, 5) is 5.30. The van der Waals surface area contributed by atoms with Crippen molar-refractivity contribution in [3.8, 4) is 56.0 Å². The van der Waals surface area contributed by atoms with Crippen LogP contribution in [0.2, 0.25) is 0 Å². The van der Waals surface area contributed by atoms with Gasteiger partial charge in [-0.2, -0.15) is 0 Å². The standard InChI is InChI=1S/C60H48N2O2.CH4O.CH3.Ti/c63-59-45(35-43-23-9-13-27-49(43)57(59)55-47-25-11-7-21-41(47)31-33-51(55)39-17-3-1-4-18-39)37-61-53-29-15-16-30-54(53)62-38-46-36-44-24-10-14-28-50(44)58(60(46)64)56-48-26-12-8-22-42(48)32-34-52(56)40-19-5-2-6-20-40;1-2;;/h1-14,17-28,31-37,53-54,62-64H,15-16,29-30,38H2;2H,1H3;1H3;/q;;-1;+2/t53-,54?;;;/m1.../s1. The Bertz CT molecular complexity index is 3390. The zero-order valence-corrected chi connectivity index (χ0v) is 40.1. The quantitative estimate of drug-likeness (QED) is 0.0660. The number of fused-ring (bicyclic) bond motifs is 4. The van der Waals surface area contributed by atoms with Gasteiger partial charge in [0.15, 0.2) is 0 Å². The zero-order chi connectivity index (χ0) is 45.0. The number of aliphatic imine (C=N–C) groups is 1. The minimum Gasteiger partial charge on any atom is -0.507 e. The molecule has 1 saturated carbocycles. The maximum atomic E-state index is 12.5. The summed E-state index contributed by atoms with van der Waals surface area (Å²) in [6.45, 7) is 0.487. The molecule has 0 spiro atoms. The number of hydrogen-bond acceptors (Lipinski definition) is 5. The fraction of sp³-hybridized carbons (Fsp3) is 0.129. The summed E-state index contributed by atoms with van der Waals surface area (Å²) in [5.74, 6) is 0.528. The van der Waals surface area contributed by atoms with E-state index >= 15 is 0 Å². The molecule has 10 aromatic carbocycles. The van der Waals surface area contributed by atoms with Crippen molar-refractivity contribution in [3.63, 3.8) is 0 Å². The van der Waals surface area contributed by atoms with Crippen LogP contribution < -0.4 is 5.32 Å². The van der Waals surface area contributed by atoms with Crippen LogP contribution in [0.15, 0.2) is 199 Å². The first-order valence-corrected chi connectivity index (χ1v) is 23.0. The van der Waals surface area contributed by atoms with Crippen molar-refractivity contribution in [2.24, 2.45) is 4.99 Å². The van der Waals surface area contributed by atoms with Crippen LogP contribution in [0.4, 0.5) is 0 Å². The molecular weight excluding hydrogens is 869 g/mol. The molecule has 1 aliphatic rings. The Balaban J connectivity index is 0.00000154. The van der Waals surface area contributed by atoms with Gasteiger partial charge in [-0.3, -0.25) is 4.99 Å². The van der Waals surface area contributed by atoms with E-state index in [0.29, 0.717) is 17.9 Å². The number of rotatable bonds is 9. The summed E-state index contributed by atoms with van der Waals surface area (Å²) in [5.41, 5.74) is 9.64. The van der Waals surface area contributed by atoms with Gasteiger partial charge in [-0.05, 0) is 90.3 Å². The number of phenolic OH excluding ortho intramolecular Hbond substituents is 2. The number of phenols is 2. The van der Waals surface area contributed by atoms with E-state index in [1.165, 1.54) is 0 Å². The van der Waals surface area contributed by atoms with Gasteiger partial charge in [0.2, 0.25) is 0 Å². The van der Waals surface area contributed by atoms with E-state index in [-0.39, 0.29) is 47.0 Å². The molecule has 0 radical (unpaired) electrons. The first-order valence-electron chi connectivity index (χ1n) is 23.0. The first kappa shape index (κ1) is 47.6. The van der Waals surface area contributed by atoms with Crippen LogP contribution in [0.1, 0.15) is 36.8 Å². The number of aliphatic hydroxyl groups is 1. The normalized spacial score (nSPS) is 14.6. The van der Waals surface area contributed by atoms with Crippen LogP contribution >= 0.6 is 0 Å². The van der Waals surface area contributed by atoms with Crippen LogP contribution in [-0.4, -0.2) is 40.7 Å². The smallest absolute Gasteiger partial charge is 0.507 e. The largest absolute Gasteiger partial charge is 2.00 e. The van der Waals surface area contributed by atoms with Gasteiger partial charge >= 0.3 is 21.7 Å². The Morgan fingerprint density at radius 2 is 0.912 bits per heavy atom. The molecule has 0 amide bonds. The summed E-state index contributed by atoms with van der Waals surface area (Å²) in [6, 6.07) is 67.6. The molecule has 1 aliphatic carbocycles. The van der Waals surface area contributed by atoms with E-state index in [1.807, 2.05) is 24.4 Å². The molecule has 0 heterocycles. The third kappa shape index (κ3) is 9.11. The second-order valence-electron chi connectivity index (χ2n) is 17.2. The van der Waals surface area contributed by atoms with Gasteiger partial charge in [-0.15, -0.1) is 0 Å². The Morgan fingerprint density at radius 3 is 1.44 bits per heavy atom. The van der Waals surface area contributed by atoms with E-state index in [4.69, 9.17) is 10.1 Å². The summed E-state index contributed by atoms with van der Waals surface area (Å²) in [7, 11) is 1.00. The molecule has 11 rings (SSSR count). The fourth-order valence-electron chi connectivity index (χ4n) is 10.2. The predicted octanol–water partition coefficient (Wildman–Crippen LogP) is 15.0. The van der Waals surface area contributed by atoms with Crippen LogP contribution in [-0.2, 0) is 28.3 Å². The average molecular weight is 924 g/mol. The van der Waals surface area contributed by atoms with E-state index in [9.17, 15) is 10.2 Å². The van der Waals surface area contributed by atoms with Gasteiger partial charge in [-0.1, -0.05) is 195 Å². The molecule has 5 nitrogen and oxygen atoms in total. The molecule has 68 heavy (non-hydrogen) atoms. The Hall–Kier alpha value is -6.86. The van der Waals surface area contributed by atoms with Gasteiger partial charge in [0, 0.05) is 59.3 Å². The van der Waals surface area contributed by atoms with Crippen molar-refractivity contribution in [1.29, 1.82) is 0 Å². The van der Waals surface area contributed by atoms with Gasteiger partial charge in [0.25, 0.3) is 0 Å². The summed E-state index contributed by atoms with van der Waals surface area (Å²) in [5, 5.41) is 44.5. The molecule has 0 aliphatic heterocycles. The molecule has 6 heteroatoms. The van der Waals surface area contributed by atoms with Crippen LogP contribution in [0.3, 0.4) is 0 Å². The third-order valence-corrected chi connectivity index (χ3v) is 13.4. The maximum Gasteiger partial charge on any atom is 2.00 e. The molecule has 334 valence electrons. The molecule has 0 saturated heterocycles. The monoisotopic (exact) mass is 923 g/mol. The number of nitrogens with one attached hydrogen (secondary N) is 1. The number of aromatic hydroxyl groups is 2. The second-order valence-corrected chi connectivity index (χ2v) is 17.2. The number of nitrogens with zero attached hydrogens (tertiary/aromatic N) is 1. The maximum absolute atomic E-state index is 12.5. The van der Waals surface area contributed by atoms with E-state index in [0.717, 1.165) is 126 Å². The Kier molecular flexibility index (Phi) is 15.0. The van der Waals surface area contributed by atoms with Crippen molar-refractivity contribution in [1.82, 2.24) is 5.32 Å². The number of aliphatic hydroxyl groups excluding tert-OH is 1. The van der Waals surface area contributed by atoms with Crippen molar-refractivity contribution in [3.05, 3.63) is 213 Å². The van der Waals surface area contributed by atoms with Crippen molar-refractivity contribution < 1.29 is 37.0 Å². The van der Waals surface area contributed by atoms with Crippen molar-refractivity contribution >= 4 is 49.3 Å². The predicted molar refractivity (Wildman–Crippen MR) is 283 cm³/mol. The first-order chi connectivity index (χ1) is 32.6. The molecule has 0 aromatic heterocycles. The molecule has 0 bridgehead atoms. The third-order valence-electron chi connectivity index (χ3n) is 13.4. The van der Waals surface area contributed by atoms with Crippen LogP contribution in [0.5, 0.6) is 11.5 Å². The van der Waals surface area contributed by atoms with Gasteiger partial charge in [0.05, 0.1) is 6.04 Å². The topological polar surface area (TPSA) is 85.1 Å². The van der Waals surface area contributed by atoms with E-state index < -0.39 is 0 Å². The minimum atomic E-state index is -0.00896. The Labute approximate surface area is 414 Å². The molecule has 2 atom stereocenters.